The topological polar surface area (TPSA) is 776 Å². The molecule has 0 spiro atoms. The number of carbonyl (C=O) groups is 23. The highest BCUT2D eigenvalue weighted by atomic mass is 32.2. The van der Waals surface area contributed by atoms with Crippen molar-refractivity contribution < 1.29 is 141 Å². The van der Waals surface area contributed by atoms with Gasteiger partial charge in [0, 0.05) is 38.6 Å². The lowest BCUT2D eigenvalue weighted by molar-refractivity contribution is -0.150. The van der Waals surface area contributed by atoms with Crippen molar-refractivity contribution in [2.24, 2.45) is 35.0 Å². The van der Waals surface area contributed by atoms with Gasteiger partial charge in [-0.2, -0.15) is 11.8 Å². The lowest BCUT2D eigenvalue weighted by atomic mass is 9.99. The summed E-state index contributed by atoms with van der Waals surface area (Å²) in [7, 11) is 0. The van der Waals surface area contributed by atoms with Crippen LogP contribution in [0.1, 0.15) is 171 Å². The number of thioether (sulfide) groups is 1. The maximum Gasteiger partial charge on any atom is 0.326 e. The minimum Gasteiger partial charge on any atom is -0.508 e. The van der Waals surface area contributed by atoms with Crippen LogP contribution in [0.15, 0.2) is 24.3 Å². The summed E-state index contributed by atoms with van der Waals surface area (Å²) in [6.07, 6.45) is -5.94. The summed E-state index contributed by atoms with van der Waals surface area (Å²) < 4.78 is 0. The number of phenols is 1. The number of likely N-dealkylation sites (tertiary alicyclic amines) is 1. The summed E-state index contributed by atoms with van der Waals surface area (Å²) in [5, 5.41) is 93.3. The number of nitrogens with two attached hydrogens (primary N) is 3. The van der Waals surface area contributed by atoms with E-state index in [0.717, 1.165) is 30.5 Å². The van der Waals surface area contributed by atoms with Gasteiger partial charge in [0.25, 0.3) is 0 Å². The van der Waals surface area contributed by atoms with Crippen molar-refractivity contribution >= 4 is 148 Å². The summed E-state index contributed by atoms with van der Waals surface area (Å²) in [5.74, 6) is -27.7. The molecule has 0 aromatic heterocycles. The first-order chi connectivity index (χ1) is 59.3. The second kappa shape index (κ2) is 55.5. The molecule has 127 heavy (non-hydrogen) atoms. The number of phenolic OH excluding ortho intramolecular Hbond substituents is 1. The first kappa shape index (κ1) is 110. The lowest BCUT2D eigenvalue weighted by Gasteiger charge is -2.28. The van der Waals surface area contributed by atoms with E-state index in [1.54, 1.807) is 47.8 Å². The fourth-order valence-electron chi connectivity index (χ4n) is 12.5. The third kappa shape index (κ3) is 42.6. The highest BCUT2D eigenvalue weighted by molar-refractivity contribution is 7.98. The van der Waals surface area contributed by atoms with Crippen LogP contribution < -0.4 is 97.0 Å². The van der Waals surface area contributed by atoms with Crippen molar-refractivity contribution in [3.63, 3.8) is 0 Å². The van der Waals surface area contributed by atoms with E-state index in [1.165, 1.54) is 31.2 Å². The van der Waals surface area contributed by atoms with E-state index in [4.69, 9.17) is 22.3 Å². The van der Waals surface area contributed by atoms with Gasteiger partial charge in [-0.1, -0.05) is 53.7 Å². The van der Waals surface area contributed by atoms with Crippen LogP contribution in [0.25, 0.3) is 0 Å². The quantitative estimate of drug-likeness (QED) is 0.0288. The minimum atomic E-state index is -2.09. The summed E-state index contributed by atoms with van der Waals surface area (Å²) in [4.78, 5) is 305. The Labute approximate surface area is 734 Å². The molecule has 1 aliphatic rings. The summed E-state index contributed by atoms with van der Waals surface area (Å²) in [6, 6.07) is -19.0. The Kier molecular flexibility index (Phi) is 48.1. The third-order valence-electron chi connectivity index (χ3n) is 19.1. The van der Waals surface area contributed by atoms with Gasteiger partial charge in [-0.3, -0.25) is 105 Å². The predicted molar refractivity (Wildman–Crippen MR) is 447 cm³/mol. The van der Waals surface area contributed by atoms with Crippen LogP contribution in [0.5, 0.6) is 5.75 Å². The molecule has 0 aliphatic carbocycles. The zero-order chi connectivity index (χ0) is 96.4. The number of primary amides is 2. The van der Waals surface area contributed by atoms with Gasteiger partial charge in [0.2, 0.25) is 106 Å². The standard InChI is InChI=1S/C78H121N19O29S/c1-36(2)28-49(92-69(116)45(20-24-61(105)106)86-58(101)34-82-67(114)44(19-23-60(103)104)88-64(111)39(7)79)68(115)83-35-59(102)87-50(29-37(3)4)75(122)93-51(30-38(5)6)73(120)84-40(8)65(112)89-46(17-21-56(80)99)70(117)90-47(18-22-57(81)100)71(118)91-48(25-27-127-10)72(119)95-53(32-62(107)108)76(123)94-52(31-42-13-15-43(98)16-14-42)74(121)85-41(9)66(113)96-54(33-63(109)110)77(124)97-26-11-12-55(97)78(125)126/h13-16,36-41,44-55,98H,11-12,17-35,79H2,1-10H3,(H2,80,99)(H2,81,100)(H,82,114)(H,83,115)(H,84,120)(H,85,121)(H,86,101)(H,87,102)(H,88,111)(H,89,112)(H,90,117)(H,91,118)(H,92,116)(H,93,122)(H,94,123)(H,95,119)(H,96,113)(H,103,104)(H,105,106)(H,107,108)(H,109,110)(H,125,126)/t39-,40-,41-,44-,45-,46-,47-,48-,49-,50-,51-,52-,53-,54-,55-/m0/s1. The number of carboxylic acids is 5. The first-order valence-corrected chi connectivity index (χ1v) is 42.2. The second-order valence-electron chi connectivity index (χ2n) is 31.6. The van der Waals surface area contributed by atoms with Crippen molar-refractivity contribution in [3.05, 3.63) is 29.8 Å². The zero-order valence-corrected chi connectivity index (χ0v) is 73.0. The Bertz CT molecular complexity index is 4100. The lowest BCUT2D eigenvalue weighted by Crippen LogP contribution is -2.61. The normalized spacial score (nSPS) is 15.6. The van der Waals surface area contributed by atoms with Crippen LogP contribution >= 0.6 is 11.8 Å². The highest BCUT2D eigenvalue weighted by Crippen LogP contribution is 2.21. The number of aromatic hydroxyl groups is 1. The molecular weight excluding hydrogens is 1700 g/mol. The van der Waals surface area contributed by atoms with Gasteiger partial charge < -0.3 is 132 Å². The van der Waals surface area contributed by atoms with Gasteiger partial charge in [0.05, 0.1) is 32.0 Å². The Morgan fingerprint density at radius 3 is 1.13 bits per heavy atom. The maximum absolute atomic E-state index is 14.4. The van der Waals surface area contributed by atoms with E-state index < -0.39 is 311 Å². The minimum absolute atomic E-state index is 0.0425. The fourth-order valence-corrected chi connectivity index (χ4v) is 13.0. The van der Waals surface area contributed by atoms with Gasteiger partial charge in [-0.15, -0.1) is 0 Å². The van der Waals surface area contributed by atoms with Crippen molar-refractivity contribution in [3.8, 4) is 5.75 Å². The van der Waals surface area contributed by atoms with Gasteiger partial charge in [0.15, 0.2) is 0 Å². The molecule has 1 aromatic rings. The molecule has 708 valence electrons. The van der Waals surface area contributed by atoms with Crippen LogP contribution in [0.3, 0.4) is 0 Å². The van der Waals surface area contributed by atoms with Crippen LogP contribution in [0, 0.1) is 17.8 Å². The number of benzene rings is 1. The molecule has 0 unspecified atom stereocenters. The molecule has 0 radical (unpaired) electrons. The molecule has 15 atom stereocenters. The molecule has 27 N–H and O–H groups in total. The number of nitrogens with one attached hydrogen (secondary N) is 15. The molecule has 18 amide bonds. The van der Waals surface area contributed by atoms with Crippen LogP contribution in [0.2, 0.25) is 0 Å². The number of carboxylic acid groups (broad SMARTS) is 5. The van der Waals surface area contributed by atoms with E-state index in [-0.39, 0.29) is 79.9 Å². The van der Waals surface area contributed by atoms with Gasteiger partial charge in [0.1, 0.15) is 90.3 Å². The SMILES string of the molecule is CSCC[C@H](NC(=O)[C@H](CCC(N)=O)NC(=O)[C@H](CCC(N)=O)NC(=O)[C@H](C)NC(=O)[C@H](CC(C)C)NC(=O)[C@H](CC(C)C)NC(=O)CNC(=O)[C@H](CC(C)C)NC(=O)[C@H](CCC(=O)O)NC(=O)CNC(=O)[C@H](CCC(=O)O)NC(=O)[C@H](C)N)C(=O)N[C@@H](CC(=O)O)C(=O)N[C@@H](Cc1ccc(O)cc1)C(=O)N[C@@H](C)C(=O)N[C@@H](CC(=O)O)C(=O)N1CCC[C@H]1C(=O)O. The Morgan fingerprint density at radius 1 is 0.386 bits per heavy atom. The molecule has 0 bridgehead atoms. The van der Waals surface area contributed by atoms with Crippen molar-refractivity contribution in [1.29, 1.82) is 0 Å². The highest BCUT2D eigenvalue weighted by Gasteiger charge is 2.42. The average molecular weight is 1820 g/mol. The zero-order valence-electron chi connectivity index (χ0n) is 72.2. The largest absolute Gasteiger partial charge is 0.508 e. The van der Waals surface area contributed by atoms with Crippen molar-refractivity contribution in [2.75, 3.05) is 31.6 Å². The monoisotopic (exact) mass is 1820 g/mol. The molecule has 1 fully saturated rings. The molecule has 1 aliphatic heterocycles. The first-order valence-electron chi connectivity index (χ1n) is 40.8. The number of aliphatic carboxylic acids is 5. The van der Waals surface area contributed by atoms with Gasteiger partial charge in [-0.25, -0.2) is 4.79 Å². The van der Waals surface area contributed by atoms with E-state index >= 15 is 0 Å². The molecule has 1 aromatic carbocycles. The second-order valence-corrected chi connectivity index (χ2v) is 32.6. The number of amides is 18. The molecule has 1 heterocycles. The number of carbonyl (C=O) groups excluding carboxylic acids is 18. The number of nitrogens with zero attached hydrogens (tertiary/aromatic N) is 1. The van der Waals surface area contributed by atoms with Crippen molar-refractivity contribution in [2.45, 2.75) is 262 Å². The Balaban J connectivity index is 2.40. The number of rotatable bonds is 59. The third-order valence-corrected chi connectivity index (χ3v) is 19.7. The molecule has 49 heteroatoms. The summed E-state index contributed by atoms with van der Waals surface area (Å²) in [6.45, 7) is 11.9. The Hall–Kier alpha value is -12.9. The maximum atomic E-state index is 14.4. The molecule has 2 rings (SSSR count). The molecule has 0 saturated carbocycles. The number of hydrogen-bond donors (Lipinski definition) is 24. The van der Waals surface area contributed by atoms with E-state index in [2.05, 4.69) is 79.8 Å². The molecule has 1 saturated heterocycles. The van der Waals surface area contributed by atoms with E-state index in [9.17, 15) is 136 Å². The fraction of sp³-hybridized carbons (Fsp3) is 0.628. The van der Waals surface area contributed by atoms with Gasteiger partial charge in [-0.05, 0) is 132 Å². The van der Waals surface area contributed by atoms with Crippen LogP contribution in [-0.4, -0.2) is 294 Å². The Morgan fingerprint density at radius 2 is 0.709 bits per heavy atom. The van der Waals surface area contributed by atoms with E-state index in [0.29, 0.717) is 0 Å². The number of hydrogen-bond acceptors (Lipinski definition) is 26. The summed E-state index contributed by atoms with van der Waals surface area (Å²) in [5.41, 5.74) is 16.7. The smallest absolute Gasteiger partial charge is 0.326 e. The average Bonchev–Trinajstić information content (AvgIpc) is 1.74. The predicted octanol–water partition coefficient (Wildman–Crippen LogP) is -6.97. The van der Waals surface area contributed by atoms with Crippen LogP contribution in [-0.2, 0) is 117 Å². The van der Waals surface area contributed by atoms with Gasteiger partial charge >= 0.3 is 29.8 Å². The summed E-state index contributed by atoms with van der Waals surface area (Å²) >= 11 is 1.14. The van der Waals surface area contributed by atoms with E-state index in [1.807, 2.05) is 0 Å². The van der Waals surface area contributed by atoms with Crippen molar-refractivity contribution in [1.82, 2.24) is 84.7 Å². The molecule has 48 nitrogen and oxygen atoms in total. The van der Waals surface area contributed by atoms with Crippen LogP contribution in [0.4, 0.5) is 0 Å². The molecular formula is C78H121N19O29S.